The van der Waals surface area contributed by atoms with Gasteiger partial charge in [-0.2, -0.15) is 0 Å². The van der Waals surface area contributed by atoms with Gasteiger partial charge in [0, 0.05) is 23.7 Å². The van der Waals surface area contributed by atoms with Crippen LogP contribution in [0.5, 0.6) is 5.75 Å². The molecule has 0 aromatic heterocycles. The van der Waals surface area contributed by atoms with Crippen molar-refractivity contribution in [3.8, 4) is 5.75 Å². The first-order valence-corrected chi connectivity index (χ1v) is 8.04. The largest absolute Gasteiger partial charge is 0.489 e. The quantitative estimate of drug-likeness (QED) is 0.772. The van der Waals surface area contributed by atoms with Crippen LogP contribution in [-0.2, 0) is 0 Å². The molecule has 4 heteroatoms. The topological polar surface area (TPSA) is 41.5 Å². The first-order valence-electron chi connectivity index (χ1n) is 7.66. The van der Waals surface area contributed by atoms with Gasteiger partial charge in [-0.15, -0.1) is 0 Å². The van der Waals surface area contributed by atoms with Crippen molar-refractivity contribution in [1.82, 2.24) is 5.32 Å². The van der Waals surface area contributed by atoms with Gasteiger partial charge in [0.15, 0.2) is 0 Å². The van der Waals surface area contributed by atoms with Gasteiger partial charge < -0.3 is 15.2 Å². The van der Waals surface area contributed by atoms with E-state index in [1.54, 1.807) is 0 Å². The lowest BCUT2D eigenvalue weighted by atomic mass is 10.00. The predicted molar refractivity (Wildman–Crippen MR) is 87.9 cm³/mol. The number of halogens is 1. The number of aliphatic hydroxyl groups excluding tert-OH is 1. The number of rotatable bonds is 8. The van der Waals surface area contributed by atoms with Crippen molar-refractivity contribution in [3.63, 3.8) is 0 Å². The highest BCUT2D eigenvalue weighted by molar-refractivity contribution is 6.30. The maximum absolute atomic E-state index is 9.07. The molecule has 0 radical (unpaired) electrons. The summed E-state index contributed by atoms with van der Waals surface area (Å²) in [6, 6.07) is 5.69. The van der Waals surface area contributed by atoms with Gasteiger partial charge in [0.1, 0.15) is 12.4 Å². The minimum Gasteiger partial charge on any atom is -0.489 e. The fourth-order valence-electron chi connectivity index (χ4n) is 2.67. The van der Waals surface area contributed by atoms with E-state index in [4.69, 9.17) is 21.4 Å². The fraction of sp³-hybridized carbons (Fsp3) is 0.529. The molecule has 1 atom stereocenters. The summed E-state index contributed by atoms with van der Waals surface area (Å²) in [5.41, 5.74) is 2.27. The number of fused-ring (bicyclic) bond motifs is 1. The normalized spacial score (nSPS) is 15.1. The van der Waals surface area contributed by atoms with Crippen LogP contribution in [0.15, 0.2) is 23.8 Å². The van der Waals surface area contributed by atoms with Crippen molar-refractivity contribution in [3.05, 3.63) is 34.4 Å². The van der Waals surface area contributed by atoms with Gasteiger partial charge in [0.2, 0.25) is 0 Å². The number of ether oxygens (including phenoxy) is 1. The molecule has 3 nitrogen and oxygen atoms in total. The lowest BCUT2D eigenvalue weighted by Crippen LogP contribution is -2.27. The Kier molecular flexibility index (Phi) is 6.55. The van der Waals surface area contributed by atoms with Crippen molar-refractivity contribution >= 4 is 17.7 Å². The predicted octanol–water partition coefficient (Wildman–Crippen LogP) is 3.50. The van der Waals surface area contributed by atoms with Crippen molar-refractivity contribution in [1.29, 1.82) is 0 Å². The van der Waals surface area contributed by atoms with Crippen molar-refractivity contribution < 1.29 is 9.84 Å². The molecule has 2 rings (SSSR count). The maximum Gasteiger partial charge on any atom is 0.127 e. The molecule has 0 fully saturated rings. The van der Waals surface area contributed by atoms with Crippen LogP contribution < -0.4 is 10.1 Å². The first-order chi connectivity index (χ1) is 10.2. The molecular weight excluding hydrogens is 286 g/mol. The Labute approximate surface area is 132 Å². The summed E-state index contributed by atoms with van der Waals surface area (Å²) >= 11 is 6.02. The van der Waals surface area contributed by atoms with Gasteiger partial charge in [-0.3, -0.25) is 0 Å². The molecule has 1 heterocycles. The zero-order valence-electron chi connectivity index (χ0n) is 12.6. The third kappa shape index (κ3) is 5.03. The second kappa shape index (κ2) is 8.42. The summed E-state index contributed by atoms with van der Waals surface area (Å²) in [6.45, 7) is 4.83. The molecule has 0 amide bonds. The van der Waals surface area contributed by atoms with Crippen LogP contribution in [0.4, 0.5) is 0 Å². The first kappa shape index (κ1) is 16.3. The van der Waals surface area contributed by atoms with Crippen LogP contribution in [0.25, 0.3) is 6.08 Å². The monoisotopic (exact) mass is 309 g/mol. The zero-order chi connectivity index (χ0) is 15.1. The van der Waals surface area contributed by atoms with E-state index in [1.165, 1.54) is 5.57 Å². The van der Waals surface area contributed by atoms with Crippen molar-refractivity contribution in [2.24, 2.45) is 5.92 Å². The molecule has 1 aromatic rings. The van der Waals surface area contributed by atoms with Crippen LogP contribution >= 0.6 is 11.6 Å². The Morgan fingerprint density at radius 3 is 3.00 bits per heavy atom. The fourth-order valence-corrected chi connectivity index (χ4v) is 2.85. The molecule has 0 aliphatic carbocycles. The highest BCUT2D eigenvalue weighted by Crippen LogP contribution is 2.28. The molecule has 1 aliphatic rings. The van der Waals surface area contributed by atoms with E-state index >= 15 is 0 Å². The van der Waals surface area contributed by atoms with E-state index in [9.17, 15) is 0 Å². The van der Waals surface area contributed by atoms with Crippen LogP contribution in [0.2, 0.25) is 5.02 Å². The molecular formula is C17H24ClNO2. The summed E-state index contributed by atoms with van der Waals surface area (Å²) in [7, 11) is 0. The summed E-state index contributed by atoms with van der Waals surface area (Å²) in [5, 5.41) is 13.3. The molecule has 0 saturated carbocycles. The van der Waals surface area contributed by atoms with Crippen LogP contribution in [0.3, 0.4) is 0 Å². The summed E-state index contributed by atoms with van der Waals surface area (Å²) in [6.07, 6.45) is 5.33. The number of hydrogen-bond donors (Lipinski definition) is 2. The van der Waals surface area contributed by atoms with Crippen LogP contribution in [0, 0.1) is 5.92 Å². The molecule has 1 unspecified atom stereocenters. The minimum absolute atomic E-state index is 0.268. The SMILES string of the molecule is CCCC(CCO)CNCC1=Cc2cc(Cl)ccc2OC1. The Balaban J connectivity index is 1.86. The van der Waals surface area contributed by atoms with Crippen LogP contribution in [-0.4, -0.2) is 31.4 Å². The number of hydrogen-bond acceptors (Lipinski definition) is 3. The molecule has 0 spiro atoms. The van der Waals surface area contributed by atoms with E-state index in [2.05, 4.69) is 18.3 Å². The van der Waals surface area contributed by atoms with Gasteiger partial charge >= 0.3 is 0 Å². The van der Waals surface area contributed by atoms with Gasteiger partial charge in [-0.25, -0.2) is 0 Å². The number of aliphatic hydroxyl groups is 1. The average molecular weight is 310 g/mol. The number of nitrogens with one attached hydrogen (secondary N) is 1. The van der Waals surface area contributed by atoms with Gasteiger partial charge in [0.05, 0.1) is 0 Å². The van der Waals surface area contributed by atoms with E-state index in [0.29, 0.717) is 12.5 Å². The van der Waals surface area contributed by atoms with Gasteiger partial charge in [0.25, 0.3) is 0 Å². The highest BCUT2D eigenvalue weighted by Gasteiger charge is 2.12. The van der Waals surface area contributed by atoms with Gasteiger partial charge in [-0.1, -0.05) is 24.9 Å². The van der Waals surface area contributed by atoms with Gasteiger partial charge in [-0.05, 0) is 55.2 Å². The summed E-state index contributed by atoms with van der Waals surface area (Å²) in [4.78, 5) is 0. The lowest BCUT2D eigenvalue weighted by molar-refractivity contribution is 0.248. The Morgan fingerprint density at radius 2 is 2.24 bits per heavy atom. The second-order valence-corrected chi connectivity index (χ2v) is 6.01. The Morgan fingerprint density at radius 1 is 1.38 bits per heavy atom. The highest BCUT2D eigenvalue weighted by atomic mass is 35.5. The number of benzene rings is 1. The third-order valence-corrected chi connectivity index (χ3v) is 4.00. The molecule has 2 N–H and O–H groups in total. The van der Waals surface area contributed by atoms with Crippen LogP contribution in [0.1, 0.15) is 31.7 Å². The molecule has 1 aliphatic heterocycles. The zero-order valence-corrected chi connectivity index (χ0v) is 13.3. The second-order valence-electron chi connectivity index (χ2n) is 5.57. The van der Waals surface area contributed by atoms with Crippen molar-refractivity contribution in [2.45, 2.75) is 26.2 Å². The van der Waals surface area contributed by atoms with E-state index in [-0.39, 0.29) is 6.61 Å². The van der Waals surface area contributed by atoms with Crippen molar-refractivity contribution in [2.75, 3.05) is 26.3 Å². The maximum atomic E-state index is 9.07. The Bertz CT molecular complexity index is 482. The smallest absolute Gasteiger partial charge is 0.127 e. The molecule has 0 bridgehead atoms. The average Bonchev–Trinajstić information content (AvgIpc) is 2.47. The minimum atomic E-state index is 0.268. The standard InChI is InChI=1S/C17H24ClNO2/c1-2-3-13(6-7-20)10-19-11-14-8-15-9-16(18)4-5-17(15)21-12-14/h4-5,8-9,13,19-20H,2-3,6-7,10-12H2,1H3. The van der Waals surface area contributed by atoms with E-state index < -0.39 is 0 Å². The molecule has 116 valence electrons. The summed E-state index contributed by atoms with van der Waals surface area (Å²) in [5.74, 6) is 1.44. The molecule has 1 aromatic carbocycles. The lowest BCUT2D eigenvalue weighted by Gasteiger charge is -2.20. The van der Waals surface area contributed by atoms with E-state index in [1.807, 2.05) is 18.2 Å². The summed E-state index contributed by atoms with van der Waals surface area (Å²) < 4.78 is 5.74. The Hall–Kier alpha value is -1.03. The third-order valence-electron chi connectivity index (χ3n) is 3.76. The van der Waals surface area contributed by atoms with E-state index in [0.717, 1.165) is 48.7 Å². The molecule has 0 saturated heterocycles. The molecule has 21 heavy (non-hydrogen) atoms.